The Hall–Kier alpha value is 0.354. The fourth-order valence-corrected chi connectivity index (χ4v) is 1.55. The predicted molar refractivity (Wildman–Crippen MR) is 33.4 cm³/mol. The molecule has 0 amide bonds. The van der Waals surface area contributed by atoms with Crippen LogP contribution in [0.5, 0.6) is 0 Å². The molecule has 0 radical (unpaired) electrons. The van der Waals surface area contributed by atoms with Gasteiger partial charge >= 0.3 is 0 Å². The van der Waals surface area contributed by atoms with Crippen molar-refractivity contribution in [2.45, 2.75) is 6.04 Å². The van der Waals surface area contributed by atoms with Crippen LogP contribution in [0.15, 0.2) is 0 Å². The van der Waals surface area contributed by atoms with Gasteiger partial charge < -0.3 is 9.85 Å². The summed E-state index contributed by atoms with van der Waals surface area (Å²) in [5.74, 6) is 0. The van der Waals surface area contributed by atoms with Crippen molar-refractivity contribution < 1.29 is 4.12 Å². The average Bonchev–Trinajstić information content (AvgIpc) is 1.61. The predicted octanol–water partition coefficient (Wildman–Crippen LogP) is -2.26. The lowest BCUT2D eigenvalue weighted by atomic mass is 10.8. The van der Waals surface area contributed by atoms with E-state index in [1.807, 2.05) is 0 Å². The van der Waals surface area contributed by atoms with Crippen molar-refractivity contribution in [3.63, 3.8) is 0 Å². The SMILES string of the molecule is NCC[SiH2]O[SiH3]. The summed E-state index contributed by atoms with van der Waals surface area (Å²) in [5, 5.41) is 0. The van der Waals surface area contributed by atoms with E-state index < -0.39 is 0 Å². The Morgan fingerprint density at radius 2 is 2.50 bits per heavy atom. The molecule has 0 spiro atoms. The minimum Gasteiger partial charge on any atom is -0.468 e. The van der Waals surface area contributed by atoms with E-state index in [-0.39, 0.29) is 9.76 Å². The fourth-order valence-electron chi connectivity index (χ4n) is 0.228. The van der Waals surface area contributed by atoms with Crippen LogP contribution in [-0.4, -0.2) is 26.8 Å². The van der Waals surface area contributed by atoms with E-state index in [9.17, 15) is 0 Å². The third kappa shape index (κ3) is 4.35. The van der Waals surface area contributed by atoms with Gasteiger partial charge in [-0.15, -0.1) is 0 Å². The number of hydrogen-bond acceptors (Lipinski definition) is 2. The van der Waals surface area contributed by atoms with Crippen molar-refractivity contribution in [3.05, 3.63) is 0 Å². The summed E-state index contributed by atoms with van der Waals surface area (Å²) in [4.78, 5) is 0. The first-order valence-electron chi connectivity index (χ1n) is 2.11. The largest absolute Gasteiger partial charge is 0.468 e. The molecule has 0 aliphatic rings. The molecule has 4 heteroatoms. The molecule has 0 aliphatic carbocycles. The van der Waals surface area contributed by atoms with Crippen molar-refractivity contribution in [1.29, 1.82) is 0 Å². The number of rotatable bonds is 3. The van der Waals surface area contributed by atoms with Gasteiger partial charge in [-0.1, -0.05) is 0 Å². The molecule has 0 saturated heterocycles. The van der Waals surface area contributed by atoms with E-state index in [4.69, 9.17) is 9.85 Å². The van der Waals surface area contributed by atoms with Crippen molar-refractivity contribution in [2.75, 3.05) is 6.54 Å². The van der Waals surface area contributed by atoms with Crippen LogP contribution < -0.4 is 5.73 Å². The fraction of sp³-hybridized carbons (Fsp3) is 1.00. The smallest absolute Gasteiger partial charge is 0.146 e. The highest BCUT2D eigenvalue weighted by atomic mass is 28.3. The van der Waals surface area contributed by atoms with Gasteiger partial charge in [0.05, 0.1) is 0 Å². The maximum absolute atomic E-state index is 5.18. The molecule has 0 fully saturated rings. The molecule has 38 valence electrons. The minimum absolute atomic E-state index is 0.142. The molecule has 0 heterocycles. The summed E-state index contributed by atoms with van der Waals surface area (Å²) in [6, 6.07) is 1.14. The van der Waals surface area contributed by atoms with E-state index >= 15 is 0 Å². The standard InChI is InChI=1S/C2H11NOSi2/c3-1-2-6-4-5/h1-3,6H2,5H3. The minimum atomic E-state index is -0.142. The van der Waals surface area contributed by atoms with E-state index in [0.29, 0.717) is 0 Å². The third-order valence-electron chi connectivity index (χ3n) is 0.553. The lowest BCUT2D eigenvalue weighted by Crippen LogP contribution is -2.04. The molecule has 2 N–H and O–H groups in total. The Morgan fingerprint density at radius 3 is 2.67 bits per heavy atom. The number of hydrogen-bond donors (Lipinski definition) is 1. The van der Waals surface area contributed by atoms with Crippen molar-refractivity contribution in [2.24, 2.45) is 5.73 Å². The molecule has 0 saturated carbocycles. The van der Waals surface area contributed by atoms with Crippen LogP contribution in [0.3, 0.4) is 0 Å². The average molecular weight is 121 g/mol. The first kappa shape index (κ1) is 6.35. The van der Waals surface area contributed by atoms with Crippen LogP contribution in [0.2, 0.25) is 6.04 Å². The normalized spacial score (nSPS) is 11.5. The summed E-state index contributed by atoms with van der Waals surface area (Å²) in [6.45, 7) is 0.814. The topological polar surface area (TPSA) is 35.2 Å². The van der Waals surface area contributed by atoms with E-state index in [1.165, 1.54) is 0 Å². The molecule has 0 aromatic heterocycles. The quantitative estimate of drug-likeness (QED) is 0.338. The molecule has 0 bridgehead atoms. The molecule has 0 atom stereocenters. The molecule has 0 unspecified atom stereocenters. The molecule has 0 aliphatic heterocycles. The summed E-state index contributed by atoms with van der Waals surface area (Å²) in [6.07, 6.45) is 0. The molecule has 0 rings (SSSR count). The van der Waals surface area contributed by atoms with Crippen LogP contribution in [-0.2, 0) is 4.12 Å². The second-order valence-corrected chi connectivity index (χ2v) is 4.56. The van der Waals surface area contributed by atoms with Crippen LogP contribution >= 0.6 is 0 Å². The van der Waals surface area contributed by atoms with Crippen LogP contribution in [0.4, 0.5) is 0 Å². The van der Waals surface area contributed by atoms with Gasteiger partial charge in [-0.05, 0) is 12.6 Å². The first-order valence-corrected chi connectivity index (χ1v) is 4.50. The summed E-state index contributed by atoms with van der Waals surface area (Å²) in [5.41, 5.74) is 5.18. The molecule has 6 heavy (non-hydrogen) atoms. The summed E-state index contributed by atoms with van der Waals surface area (Å²) in [7, 11) is 0.768. The highest BCUT2D eigenvalue weighted by Crippen LogP contribution is 1.68. The van der Waals surface area contributed by atoms with E-state index in [2.05, 4.69) is 0 Å². The van der Waals surface area contributed by atoms with Gasteiger partial charge in [0.2, 0.25) is 0 Å². The first-order chi connectivity index (χ1) is 2.91. The second-order valence-electron chi connectivity index (χ2n) is 1.14. The number of nitrogens with two attached hydrogens (primary N) is 1. The molecular weight excluding hydrogens is 110 g/mol. The second kappa shape index (κ2) is 5.35. The Labute approximate surface area is 43.5 Å². The summed E-state index contributed by atoms with van der Waals surface area (Å²) < 4.78 is 4.98. The maximum atomic E-state index is 5.18. The van der Waals surface area contributed by atoms with Gasteiger partial charge in [0.15, 0.2) is 0 Å². The van der Waals surface area contributed by atoms with Crippen molar-refractivity contribution in [3.8, 4) is 0 Å². The summed E-state index contributed by atoms with van der Waals surface area (Å²) >= 11 is 0. The molecule has 0 aromatic rings. The van der Waals surface area contributed by atoms with Crippen LogP contribution in [0.1, 0.15) is 0 Å². The van der Waals surface area contributed by atoms with Gasteiger partial charge in [-0.3, -0.25) is 0 Å². The highest BCUT2D eigenvalue weighted by molar-refractivity contribution is 6.34. The zero-order valence-corrected chi connectivity index (χ0v) is 7.52. The van der Waals surface area contributed by atoms with Crippen molar-refractivity contribution >= 4 is 20.2 Å². The zero-order chi connectivity index (χ0) is 4.83. The van der Waals surface area contributed by atoms with Gasteiger partial charge in [-0.25, -0.2) is 0 Å². The molecular formula is C2H11NOSi2. The van der Waals surface area contributed by atoms with Crippen molar-refractivity contribution in [1.82, 2.24) is 0 Å². The van der Waals surface area contributed by atoms with Crippen LogP contribution in [0, 0.1) is 0 Å². The van der Waals surface area contributed by atoms with Crippen LogP contribution in [0.25, 0.3) is 0 Å². The monoisotopic (exact) mass is 121 g/mol. The maximum Gasteiger partial charge on any atom is 0.146 e. The van der Waals surface area contributed by atoms with E-state index in [0.717, 1.165) is 23.1 Å². The van der Waals surface area contributed by atoms with Gasteiger partial charge in [0, 0.05) is 0 Å². The molecule has 0 aromatic carbocycles. The molecule has 2 nitrogen and oxygen atoms in total. The Balaban J connectivity index is 2.34. The Bertz CT molecular complexity index is 23.5. The van der Waals surface area contributed by atoms with E-state index in [1.54, 1.807) is 0 Å². The third-order valence-corrected chi connectivity index (χ3v) is 2.88. The zero-order valence-electron chi connectivity index (χ0n) is 4.11. The van der Waals surface area contributed by atoms with Gasteiger partial charge in [0.1, 0.15) is 20.2 Å². The van der Waals surface area contributed by atoms with Gasteiger partial charge in [-0.2, -0.15) is 0 Å². The lowest BCUT2D eigenvalue weighted by molar-refractivity contribution is 0.659. The Kier molecular flexibility index (Phi) is 5.67. The van der Waals surface area contributed by atoms with Gasteiger partial charge in [0.25, 0.3) is 0 Å². The highest BCUT2D eigenvalue weighted by Gasteiger charge is 1.76. The Morgan fingerprint density at radius 1 is 1.83 bits per heavy atom. The lowest BCUT2D eigenvalue weighted by Gasteiger charge is -1.89.